The average molecular weight is 294 g/mol. The van der Waals surface area contributed by atoms with Crippen LogP contribution in [0.25, 0.3) is 0 Å². The monoisotopic (exact) mass is 294 g/mol. The van der Waals surface area contributed by atoms with E-state index in [1.165, 1.54) is 16.7 Å². The van der Waals surface area contributed by atoms with Gasteiger partial charge < -0.3 is 10.1 Å². The molecular formula is C19H22N2O. The second-order valence-corrected chi connectivity index (χ2v) is 6.50. The van der Waals surface area contributed by atoms with Gasteiger partial charge in [0.25, 0.3) is 0 Å². The van der Waals surface area contributed by atoms with Gasteiger partial charge in [-0.15, -0.1) is 0 Å². The summed E-state index contributed by atoms with van der Waals surface area (Å²) in [6, 6.07) is 14.1. The molecule has 1 fully saturated rings. The summed E-state index contributed by atoms with van der Waals surface area (Å²) in [6.45, 7) is 1.70. The third-order valence-corrected chi connectivity index (χ3v) is 4.95. The van der Waals surface area contributed by atoms with Gasteiger partial charge >= 0.3 is 0 Å². The summed E-state index contributed by atoms with van der Waals surface area (Å²) < 4.78 is 5.75. The van der Waals surface area contributed by atoms with Gasteiger partial charge in [0.2, 0.25) is 0 Å². The van der Waals surface area contributed by atoms with Gasteiger partial charge in [-0.1, -0.05) is 24.3 Å². The zero-order valence-corrected chi connectivity index (χ0v) is 12.7. The van der Waals surface area contributed by atoms with Crippen molar-refractivity contribution in [3.63, 3.8) is 0 Å². The van der Waals surface area contributed by atoms with Crippen molar-refractivity contribution in [2.45, 2.75) is 31.3 Å². The van der Waals surface area contributed by atoms with Crippen molar-refractivity contribution in [3.05, 3.63) is 65.5 Å². The van der Waals surface area contributed by atoms with Crippen molar-refractivity contribution >= 4 is 0 Å². The van der Waals surface area contributed by atoms with Crippen LogP contribution in [-0.2, 0) is 24.0 Å². The number of nitrogens with zero attached hydrogens (tertiary/aromatic N) is 1. The summed E-state index contributed by atoms with van der Waals surface area (Å²) in [5, 5.41) is 3.85. The van der Waals surface area contributed by atoms with Crippen molar-refractivity contribution in [1.29, 1.82) is 0 Å². The lowest BCUT2D eigenvalue weighted by atomic mass is 9.94. The van der Waals surface area contributed by atoms with Crippen LogP contribution >= 0.6 is 0 Å². The molecule has 1 aromatic carbocycles. The van der Waals surface area contributed by atoms with E-state index in [9.17, 15) is 0 Å². The molecular weight excluding hydrogens is 272 g/mol. The van der Waals surface area contributed by atoms with Gasteiger partial charge in [0.05, 0.1) is 13.2 Å². The fourth-order valence-corrected chi connectivity index (χ4v) is 3.79. The Bertz CT molecular complexity index is 603. The average Bonchev–Trinajstić information content (AvgIpc) is 3.15. The molecule has 3 heteroatoms. The van der Waals surface area contributed by atoms with Gasteiger partial charge in [-0.05, 0) is 48.1 Å². The molecule has 3 nitrogen and oxygen atoms in total. The SMILES string of the molecule is c1ccc2c(c1)CC(N[C@@H]1COC[C@H]1Cc1ccncc1)C2. The molecule has 2 atom stereocenters. The molecule has 2 heterocycles. The summed E-state index contributed by atoms with van der Waals surface area (Å²) in [4.78, 5) is 4.10. The molecule has 114 valence electrons. The van der Waals surface area contributed by atoms with Gasteiger partial charge in [0.1, 0.15) is 0 Å². The minimum atomic E-state index is 0.465. The molecule has 0 spiro atoms. The first-order valence-electron chi connectivity index (χ1n) is 8.18. The summed E-state index contributed by atoms with van der Waals surface area (Å²) in [7, 11) is 0. The lowest BCUT2D eigenvalue weighted by Gasteiger charge is -2.23. The first-order valence-corrected chi connectivity index (χ1v) is 8.18. The van der Waals surface area contributed by atoms with Gasteiger partial charge in [-0.3, -0.25) is 4.98 Å². The molecule has 2 aliphatic rings. The predicted molar refractivity (Wildman–Crippen MR) is 86.8 cm³/mol. The second kappa shape index (κ2) is 6.19. The van der Waals surface area contributed by atoms with E-state index in [1.807, 2.05) is 12.4 Å². The molecule has 0 saturated carbocycles. The van der Waals surface area contributed by atoms with Gasteiger partial charge in [-0.2, -0.15) is 0 Å². The Morgan fingerprint density at radius 3 is 2.45 bits per heavy atom. The van der Waals surface area contributed by atoms with E-state index in [0.717, 1.165) is 32.5 Å². The number of fused-ring (bicyclic) bond motifs is 1. The minimum Gasteiger partial charge on any atom is -0.379 e. The highest BCUT2D eigenvalue weighted by Gasteiger charge is 2.31. The van der Waals surface area contributed by atoms with Crippen molar-refractivity contribution in [1.82, 2.24) is 10.3 Å². The lowest BCUT2D eigenvalue weighted by Crippen LogP contribution is -2.43. The Hall–Kier alpha value is -1.71. The molecule has 0 radical (unpaired) electrons. The molecule has 22 heavy (non-hydrogen) atoms. The minimum absolute atomic E-state index is 0.465. The Labute approximate surface area is 131 Å². The Morgan fingerprint density at radius 1 is 1.00 bits per heavy atom. The number of hydrogen-bond acceptors (Lipinski definition) is 3. The second-order valence-electron chi connectivity index (χ2n) is 6.50. The van der Waals surface area contributed by atoms with E-state index in [1.54, 1.807) is 0 Å². The number of hydrogen-bond donors (Lipinski definition) is 1. The van der Waals surface area contributed by atoms with E-state index in [-0.39, 0.29) is 0 Å². The predicted octanol–water partition coefficient (Wildman–Crippen LogP) is 2.40. The highest BCUT2D eigenvalue weighted by atomic mass is 16.5. The van der Waals surface area contributed by atoms with Crippen molar-refractivity contribution in [3.8, 4) is 0 Å². The quantitative estimate of drug-likeness (QED) is 0.940. The van der Waals surface area contributed by atoms with E-state index >= 15 is 0 Å². The molecule has 1 aliphatic carbocycles. The topological polar surface area (TPSA) is 34.1 Å². The van der Waals surface area contributed by atoms with Crippen LogP contribution in [0.2, 0.25) is 0 Å². The first kappa shape index (κ1) is 13.9. The Morgan fingerprint density at radius 2 is 1.73 bits per heavy atom. The van der Waals surface area contributed by atoms with Gasteiger partial charge in [0.15, 0.2) is 0 Å². The molecule has 1 saturated heterocycles. The maximum absolute atomic E-state index is 5.75. The number of rotatable bonds is 4. The maximum Gasteiger partial charge on any atom is 0.0623 e. The summed E-state index contributed by atoms with van der Waals surface area (Å²) in [6.07, 6.45) is 7.12. The fraction of sp³-hybridized carbons (Fsp3) is 0.421. The molecule has 0 unspecified atom stereocenters. The third kappa shape index (κ3) is 2.92. The highest BCUT2D eigenvalue weighted by Crippen LogP contribution is 2.25. The molecule has 0 amide bonds. The highest BCUT2D eigenvalue weighted by molar-refractivity contribution is 5.33. The van der Waals surface area contributed by atoms with Crippen LogP contribution in [0.4, 0.5) is 0 Å². The molecule has 4 rings (SSSR count). The molecule has 1 aromatic heterocycles. The fourth-order valence-electron chi connectivity index (χ4n) is 3.79. The number of aromatic nitrogens is 1. The summed E-state index contributed by atoms with van der Waals surface area (Å²) >= 11 is 0. The maximum atomic E-state index is 5.75. The standard InChI is InChI=1S/C19H22N2O/c1-2-4-16-11-18(10-15(16)3-1)21-19-13-22-12-17(19)9-14-5-7-20-8-6-14/h1-8,17-19,21H,9-13H2/t17-,19-/m1/s1. The van der Waals surface area contributed by atoms with Crippen LogP contribution in [0.15, 0.2) is 48.8 Å². The van der Waals surface area contributed by atoms with Gasteiger partial charge in [0, 0.05) is 30.4 Å². The first-order chi connectivity index (χ1) is 10.9. The third-order valence-electron chi connectivity index (χ3n) is 4.95. The molecule has 1 N–H and O–H groups in total. The largest absolute Gasteiger partial charge is 0.379 e. The van der Waals surface area contributed by atoms with Crippen molar-refractivity contribution < 1.29 is 4.74 Å². The normalized spacial score (nSPS) is 24.5. The van der Waals surface area contributed by atoms with Crippen LogP contribution in [0, 0.1) is 5.92 Å². The van der Waals surface area contributed by atoms with E-state index in [4.69, 9.17) is 4.74 Å². The number of benzene rings is 1. The number of pyridine rings is 1. The molecule has 2 aromatic rings. The lowest BCUT2D eigenvalue weighted by molar-refractivity contribution is 0.181. The van der Waals surface area contributed by atoms with E-state index in [0.29, 0.717) is 18.0 Å². The van der Waals surface area contributed by atoms with Crippen LogP contribution < -0.4 is 5.32 Å². The molecule has 1 aliphatic heterocycles. The van der Waals surface area contributed by atoms with Crippen LogP contribution in [0.5, 0.6) is 0 Å². The number of nitrogens with one attached hydrogen (secondary N) is 1. The van der Waals surface area contributed by atoms with Crippen molar-refractivity contribution in [2.75, 3.05) is 13.2 Å². The smallest absolute Gasteiger partial charge is 0.0623 e. The van der Waals surface area contributed by atoms with Crippen molar-refractivity contribution in [2.24, 2.45) is 5.92 Å². The molecule has 0 bridgehead atoms. The summed E-state index contributed by atoms with van der Waals surface area (Å²) in [5.41, 5.74) is 4.36. The van der Waals surface area contributed by atoms with Crippen LogP contribution in [0.1, 0.15) is 16.7 Å². The zero-order valence-electron chi connectivity index (χ0n) is 12.7. The zero-order chi connectivity index (χ0) is 14.8. The summed E-state index contributed by atoms with van der Waals surface area (Å²) in [5.74, 6) is 0.561. The van der Waals surface area contributed by atoms with E-state index < -0.39 is 0 Å². The van der Waals surface area contributed by atoms with Crippen LogP contribution in [0.3, 0.4) is 0 Å². The Balaban J connectivity index is 1.38. The van der Waals surface area contributed by atoms with Gasteiger partial charge in [-0.25, -0.2) is 0 Å². The van der Waals surface area contributed by atoms with E-state index in [2.05, 4.69) is 46.7 Å². The Kier molecular flexibility index (Phi) is 3.92. The van der Waals surface area contributed by atoms with Crippen LogP contribution in [-0.4, -0.2) is 30.3 Å². The number of ether oxygens (including phenoxy) is 1.